The van der Waals surface area contributed by atoms with E-state index in [-0.39, 0.29) is 22.7 Å². The van der Waals surface area contributed by atoms with Crippen LogP contribution in [-0.2, 0) is 11.7 Å². The molecule has 0 bridgehead atoms. The summed E-state index contributed by atoms with van der Waals surface area (Å²) < 4.78 is 47.8. The average Bonchev–Trinajstić information content (AvgIpc) is 2.59. The second-order valence-electron chi connectivity index (χ2n) is 9.75. The molecule has 0 amide bonds. The van der Waals surface area contributed by atoms with Gasteiger partial charge in [-0.25, -0.2) is 0 Å². The Labute approximate surface area is 171 Å². The summed E-state index contributed by atoms with van der Waals surface area (Å²) in [4.78, 5) is 0. The van der Waals surface area contributed by atoms with E-state index in [1.807, 2.05) is 0 Å². The van der Waals surface area contributed by atoms with Crippen LogP contribution in [0.4, 0.5) is 13.2 Å². The molecule has 1 saturated carbocycles. The van der Waals surface area contributed by atoms with E-state index < -0.39 is 17.3 Å². The normalized spacial score (nSPS) is 21.4. The summed E-state index contributed by atoms with van der Waals surface area (Å²) in [5, 5.41) is 0.616. The van der Waals surface area contributed by atoms with Crippen molar-refractivity contribution < 1.29 is 17.9 Å². The van der Waals surface area contributed by atoms with Crippen LogP contribution in [0.5, 0.6) is 5.75 Å². The van der Waals surface area contributed by atoms with Crippen molar-refractivity contribution in [1.29, 1.82) is 0 Å². The minimum atomic E-state index is -4.50. The number of hydrogen-bond acceptors (Lipinski definition) is 2. The molecule has 1 aliphatic carbocycles. The highest BCUT2D eigenvalue weighted by molar-refractivity contribution is 5.89. The number of ether oxygens (including phenoxy) is 1. The average molecular weight is 407 g/mol. The molecular formula is C24H31F3NO. The van der Waals surface area contributed by atoms with Gasteiger partial charge in [-0.05, 0) is 79.3 Å². The van der Waals surface area contributed by atoms with Crippen molar-refractivity contribution in [2.45, 2.75) is 71.2 Å². The van der Waals surface area contributed by atoms with E-state index >= 15 is 0 Å². The number of fused-ring (bicyclic) bond motifs is 1. The summed E-state index contributed by atoms with van der Waals surface area (Å²) in [6, 6.07) is 7.89. The molecule has 0 aromatic heterocycles. The number of rotatable bonds is 3. The molecule has 0 aliphatic heterocycles. The number of nitrogens with two attached hydrogens (primary N) is 1. The van der Waals surface area contributed by atoms with Gasteiger partial charge >= 0.3 is 6.18 Å². The highest BCUT2D eigenvalue weighted by atomic mass is 19.4. The van der Waals surface area contributed by atoms with Gasteiger partial charge in [0, 0.05) is 5.54 Å². The lowest BCUT2D eigenvalue weighted by atomic mass is 9.72. The second-order valence-corrected chi connectivity index (χ2v) is 9.75. The molecule has 2 aromatic carbocycles. The summed E-state index contributed by atoms with van der Waals surface area (Å²) in [6.07, 6.45) is -1.17. The van der Waals surface area contributed by atoms with Crippen LogP contribution < -0.4 is 10.5 Å². The Balaban J connectivity index is 1.92. The standard InChI is InChI=1S/C24H31F3NO/c1-22(2,3)16-7-10-18(11-8-16)29-20-13-6-15-14-17(23(4,5)28)9-12-19(15)21(20)24(25,26)27/h6,9,12-14,16,18H,4,7-8,10-11,28H2,1-3,5H3/t16?,18?,23-/m1/s1. The summed E-state index contributed by atoms with van der Waals surface area (Å²) in [5.74, 6) is 0.495. The third-order valence-electron chi connectivity index (χ3n) is 6.12. The first-order valence-electron chi connectivity index (χ1n) is 10.2. The minimum Gasteiger partial charge on any atom is -0.490 e. The van der Waals surface area contributed by atoms with Gasteiger partial charge in [0.05, 0.1) is 6.10 Å². The van der Waals surface area contributed by atoms with E-state index in [2.05, 4.69) is 27.7 Å². The lowest BCUT2D eigenvalue weighted by Crippen LogP contribution is -2.31. The fourth-order valence-electron chi connectivity index (χ4n) is 4.28. The molecule has 0 saturated heterocycles. The van der Waals surface area contributed by atoms with E-state index in [1.165, 1.54) is 12.1 Å². The Hall–Kier alpha value is -1.75. The molecule has 0 heterocycles. The van der Waals surface area contributed by atoms with Gasteiger partial charge in [0.15, 0.2) is 0 Å². The maximum atomic E-state index is 14.0. The van der Waals surface area contributed by atoms with Crippen molar-refractivity contribution in [3.63, 3.8) is 0 Å². The fourth-order valence-corrected chi connectivity index (χ4v) is 4.28. The second kappa shape index (κ2) is 7.50. The van der Waals surface area contributed by atoms with Gasteiger partial charge in [-0.2, -0.15) is 13.2 Å². The molecule has 1 radical (unpaired) electrons. The molecule has 3 rings (SSSR count). The van der Waals surface area contributed by atoms with E-state index in [1.54, 1.807) is 25.1 Å². The first-order chi connectivity index (χ1) is 13.3. The highest BCUT2D eigenvalue weighted by Crippen LogP contribution is 2.44. The lowest BCUT2D eigenvalue weighted by Gasteiger charge is -2.37. The monoisotopic (exact) mass is 406 g/mol. The van der Waals surface area contributed by atoms with Crippen LogP contribution in [0.1, 0.15) is 64.5 Å². The van der Waals surface area contributed by atoms with Crippen molar-refractivity contribution in [1.82, 2.24) is 0 Å². The quantitative estimate of drug-likeness (QED) is 0.605. The zero-order valence-corrected chi connectivity index (χ0v) is 17.7. The summed E-state index contributed by atoms with van der Waals surface area (Å²) in [6.45, 7) is 12.2. The number of benzene rings is 2. The van der Waals surface area contributed by atoms with Crippen molar-refractivity contribution in [2.24, 2.45) is 17.1 Å². The molecule has 2 nitrogen and oxygen atoms in total. The third-order valence-corrected chi connectivity index (χ3v) is 6.12. The summed E-state index contributed by atoms with van der Waals surface area (Å²) >= 11 is 0. The number of hydrogen-bond donors (Lipinski definition) is 1. The Morgan fingerprint density at radius 2 is 1.59 bits per heavy atom. The van der Waals surface area contributed by atoms with Crippen LogP contribution in [-0.4, -0.2) is 6.10 Å². The van der Waals surface area contributed by atoms with Crippen molar-refractivity contribution in [3.05, 3.63) is 48.4 Å². The predicted octanol–water partition coefficient (Wildman–Crippen LogP) is 6.85. The number of halogens is 3. The SMILES string of the molecule is [CH2][C@](C)(N)c1ccc2c(C(F)(F)F)c(OC3CCC(C(C)(C)C)CC3)ccc2c1. The number of alkyl halides is 3. The molecule has 2 N–H and O–H groups in total. The lowest BCUT2D eigenvalue weighted by molar-refractivity contribution is -0.138. The Bertz CT molecular complexity index is 867. The molecule has 29 heavy (non-hydrogen) atoms. The van der Waals surface area contributed by atoms with Crippen molar-refractivity contribution in [2.75, 3.05) is 0 Å². The van der Waals surface area contributed by atoms with Gasteiger partial charge in [0.2, 0.25) is 0 Å². The van der Waals surface area contributed by atoms with Gasteiger partial charge in [-0.3, -0.25) is 0 Å². The van der Waals surface area contributed by atoms with Gasteiger partial charge < -0.3 is 10.5 Å². The molecule has 2 aromatic rings. The van der Waals surface area contributed by atoms with Gasteiger partial charge in [0.25, 0.3) is 0 Å². The topological polar surface area (TPSA) is 35.2 Å². The summed E-state index contributed by atoms with van der Waals surface area (Å²) in [5.41, 5.74) is 5.34. The van der Waals surface area contributed by atoms with E-state index in [0.717, 1.165) is 25.7 Å². The van der Waals surface area contributed by atoms with Crippen LogP contribution in [0.15, 0.2) is 30.3 Å². The first-order valence-corrected chi connectivity index (χ1v) is 10.2. The van der Waals surface area contributed by atoms with Gasteiger partial charge in [-0.15, -0.1) is 0 Å². The van der Waals surface area contributed by atoms with E-state index in [9.17, 15) is 13.2 Å². The third kappa shape index (κ3) is 4.88. The molecule has 5 heteroatoms. The van der Waals surface area contributed by atoms with Gasteiger partial charge in [0.1, 0.15) is 11.3 Å². The Morgan fingerprint density at radius 3 is 2.10 bits per heavy atom. The van der Waals surface area contributed by atoms with Crippen LogP contribution in [0.3, 0.4) is 0 Å². The van der Waals surface area contributed by atoms with Crippen LogP contribution >= 0.6 is 0 Å². The Kier molecular flexibility index (Phi) is 5.67. The first kappa shape index (κ1) is 21.9. The molecule has 1 fully saturated rings. The van der Waals surface area contributed by atoms with Crippen molar-refractivity contribution in [3.8, 4) is 5.75 Å². The van der Waals surface area contributed by atoms with E-state index in [4.69, 9.17) is 10.5 Å². The van der Waals surface area contributed by atoms with Crippen molar-refractivity contribution >= 4 is 10.8 Å². The smallest absolute Gasteiger partial charge is 0.420 e. The fraction of sp³-hybridized carbons (Fsp3) is 0.542. The minimum absolute atomic E-state index is 0.0814. The predicted molar refractivity (Wildman–Crippen MR) is 112 cm³/mol. The zero-order chi connectivity index (χ0) is 21.6. The molecule has 0 unspecified atom stereocenters. The molecule has 1 aliphatic rings. The molecular weight excluding hydrogens is 375 g/mol. The van der Waals surface area contributed by atoms with Gasteiger partial charge in [-0.1, -0.05) is 39.0 Å². The maximum absolute atomic E-state index is 14.0. The molecule has 0 spiro atoms. The zero-order valence-electron chi connectivity index (χ0n) is 17.7. The van der Waals surface area contributed by atoms with Crippen LogP contribution in [0.2, 0.25) is 0 Å². The molecule has 1 atom stereocenters. The highest BCUT2D eigenvalue weighted by Gasteiger charge is 2.38. The van der Waals surface area contributed by atoms with Crippen LogP contribution in [0, 0.1) is 18.3 Å². The summed E-state index contributed by atoms with van der Waals surface area (Å²) in [7, 11) is 0. The maximum Gasteiger partial charge on any atom is 0.420 e. The Morgan fingerprint density at radius 1 is 0.966 bits per heavy atom. The van der Waals surface area contributed by atoms with Crippen LogP contribution in [0.25, 0.3) is 10.8 Å². The molecule has 159 valence electrons. The largest absolute Gasteiger partial charge is 0.490 e. The van der Waals surface area contributed by atoms with E-state index in [0.29, 0.717) is 16.9 Å².